The molecule has 0 saturated carbocycles. The number of rotatable bonds is 3. The largest absolute Gasteiger partial charge is 0.272 e. The summed E-state index contributed by atoms with van der Waals surface area (Å²) in [4.78, 5) is 12.0. The summed E-state index contributed by atoms with van der Waals surface area (Å²) in [7, 11) is 0. The van der Waals surface area contributed by atoms with Crippen LogP contribution in [0.3, 0.4) is 0 Å². The first kappa shape index (κ1) is 15.3. The molecular weight excluding hydrogens is 311 g/mol. The summed E-state index contributed by atoms with van der Waals surface area (Å²) in [5.74, 6) is -2.66. The van der Waals surface area contributed by atoms with E-state index in [4.69, 9.17) is 23.2 Å². The minimum atomic E-state index is -0.999. The van der Waals surface area contributed by atoms with E-state index in [1.165, 1.54) is 0 Å². The number of hydrazone groups is 1. The molecule has 2 rings (SSSR count). The molecule has 1 amide bonds. The maximum absolute atomic E-state index is 12.0. The number of hydrogen-bond donors (Lipinski definition) is 1. The Kier molecular flexibility index (Phi) is 4.47. The number of benzene rings is 1. The van der Waals surface area contributed by atoms with Gasteiger partial charge in [0.25, 0.3) is 0 Å². The zero-order valence-electron chi connectivity index (χ0n) is 11.0. The number of carbonyl (C=O) groups excluding carboxylic acids is 1. The van der Waals surface area contributed by atoms with Crippen molar-refractivity contribution in [3.63, 3.8) is 0 Å². The number of nitrogens with zero attached hydrogens (tertiary/aromatic N) is 3. The zero-order valence-corrected chi connectivity index (χ0v) is 12.5. The average molecular weight is 321 g/mol. The van der Waals surface area contributed by atoms with Crippen LogP contribution in [0.15, 0.2) is 23.3 Å². The van der Waals surface area contributed by atoms with E-state index < -0.39 is 17.8 Å². The molecule has 0 spiro atoms. The van der Waals surface area contributed by atoms with Gasteiger partial charge >= 0.3 is 0 Å². The monoisotopic (exact) mass is 320 g/mol. The van der Waals surface area contributed by atoms with Crippen molar-refractivity contribution in [3.8, 4) is 12.1 Å². The Labute approximate surface area is 131 Å². The molecule has 21 heavy (non-hydrogen) atoms. The van der Waals surface area contributed by atoms with Crippen molar-refractivity contribution >= 4 is 34.8 Å². The molecule has 0 aromatic heterocycles. The summed E-state index contributed by atoms with van der Waals surface area (Å²) in [6.45, 7) is 1.68. The number of carbonyl (C=O) groups is 1. The topological polar surface area (TPSA) is 89.0 Å². The fourth-order valence-electron chi connectivity index (χ4n) is 2.38. The van der Waals surface area contributed by atoms with Gasteiger partial charge in [0, 0.05) is 11.6 Å². The number of halogens is 2. The van der Waals surface area contributed by atoms with E-state index in [0.29, 0.717) is 21.3 Å². The Morgan fingerprint density at radius 2 is 1.95 bits per heavy atom. The molecule has 1 aliphatic rings. The molecule has 1 aliphatic heterocycles. The molecule has 106 valence electrons. The fraction of sp³-hybridized carbons (Fsp3) is 0.286. The third-order valence-corrected chi connectivity index (χ3v) is 4.14. The molecule has 5 nitrogen and oxygen atoms in total. The summed E-state index contributed by atoms with van der Waals surface area (Å²) in [6.07, 6.45) is 0. The van der Waals surface area contributed by atoms with Gasteiger partial charge in [-0.3, -0.25) is 4.79 Å². The predicted octanol–water partition coefficient (Wildman–Crippen LogP) is 2.86. The first-order chi connectivity index (χ1) is 9.99. The summed E-state index contributed by atoms with van der Waals surface area (Å²) in [5, 5.41) is 23.0. The molecule has 0 fully saturated rings. The second-order valence-corrected chi connectivity index (χ2v) is 5.46. The van der Waals surface area contributed by atoms with Crippen LogP contribution in [0.2, 0.25) is 10.0 Å². The highest BCUT2D eigenvalue weighted by Gasteiger charge is 2.40. The van der Waals surface area contributed by atoms with Crippen molar-refractivity contribution in [3.05, 3.63) is 33.8 Å². The lowest BCUT2D eigenvalue weighted by Gasteiger charge is -2.23. The smallest absolute Gasteiger partial charge is 0.249 e. The van der Waals surface area contributed by atoms with Crippen LogP contribution in [0.25, 0.3) is 0 Å². The Morgan fingerprint density at radius 3 is 2.43 bits per heavy atom. The van der Waals surface area contributed by atoms with E-state index in [1.807, 2.05) is 12.1 Å². The first-order valence-corrected chi connectivity index (χ1v) is 6.83. The molecule has 0 unspecified atom stereocenters. The molecule has 0 saturated heterocycles. The van der Waals surface area contributed by atoms with Crippen molar-refractivity contribution in [2.24, 2.45) is 16.9 Å². The van der Waals surface area contributed by atoms with Crippen molar-refractivity contribution in [1.82, 2.24) is 5.43 Å². The zero-order chi connectivity index (χ0) is 15.6. The maximum Gasteiger partial charge on any atom is 0.249 e. The summed E-state index contributed by atoms with van der Waals surface area (Å²) in [5.41, 5.74) is 3.51. The molecule has 7 heteroatoms. The van der Waals surface area contributed by atoms with Crippen LogP contribution >= 0.6 is 23.2 Å². The molecule has 0 aliphatic carbocycles. The van der Waals surface area contributed by atoms with E-state index in [9.17, 15) is 15.3 Å². The SMILES string of the molecule is CC1=NNC(=O)[C@@H]1[C@@H](c1ccc(Cl)c(Cl)c1)C(C#N)C#N. The molecule has 2 atom stereocenters. The molecular formula is C14H10Cl2N4O. The molecule has 1 heterocycles. The number of nitrogens with one attached hydrogen (secondary N) is 1. The van der Waals surface area contributed by atoms with E-state index in [-0.39, 0.29) is 5.91 Å². The van der Waals surface area contributed by atoms with Crippen LogP contribution in [0.4, 0.5) is 0 Å². The van der Waals surface area contributed by atoms with E-state index in [2.05, 4.69) is 10.5 Å². The van der Waals surface area contributed by atoms with Gasteiger partial charge in [0.2, 0.25) is 5.91 Å². The summed E-state index contributed by atoms with van der Waals surface area (Å²) in [6, 6.07) is 8.69. The minimum Gasteiger partial charge on any atom is -0.272 e. The average Bonchev–Trinajstić information content (AvgIpc) is 2.79. The Bertz CT molecular complexity index is 688. The van der Waals surface area contributed by atoms with Gasteiger partial charge in [-0.15, -0.1) is 0 Å². The second kappa shape index (κ2) is 6.13. The highest BCUT2D eigenvalue weighted by molar-refractivity contribution is 6.42. The normalized spacial score (nSPS) is 18.7. The third-order valence-electron chi connectivity index (χ3n) is 3.40. The molecule has 0 radical (unpaired) electrons. The van der Waals surface area contributed by atoms with Crippen LogP contribution in [0.1, 0.15) is 18.4 Å². The van der Waals surface area contributed by atoms with Crippen LogP contribution in [0, 0.1) is 34.5 Å². The summed E-state index contributed by atoms with van der Waals surface area (Å²) >= 11 is 11.9. The van der Waals surface area contributed by atoms with Crippen molar-refractivity contribution in [2.45, 2.75) is 12.8 Å². The van der Waals surface area contributed by atoms with E-state index in [0.717, 1.165) is 0 Å². The lowest BCUT2D eigenvalue weighted by Crippen LogP contribution is -2.32. The van der Waals surface area contributed by atoms with Crippen molar-refractivity contribution in [1.29, 1.82) is 10.5 Å². The lowest BCUT2D eigenvalue weighted by molar-refractivity contribution is -0.122. The maximum atomic E-state index is 12.0. The number of nitriles is 2. The van der Waals surface area contributed by atoms with Gasteiger partial charge < -0.3 is 0 Å². The van der Waals surface area contributed by atoms with Crippen LogP contribution in [-0.4, -0.2) is 11.6 Å². The molecule has 1 N–H and O–H groups in total. The van der Waals surface area contributed by atoms with Gasteiger partial charge in [-0.05, 0) is 24.6 Å². The van der Waals surface area contributed by atoms with Gasteiger partial charge in [0.05, 0.1) is 28.1 Å². The standard InChI is InChI=1S/C14H10Cl2N4O/c1-7-12(14(21)20-19-7)13(9(5-17)6-18)8-2-3-10(15)11(16)4-8/h2-4,9,12-13H,1H3,(H,20,21)/t12-,13-/m0/s1. The number of amides is 1. The first-order valence-electron chi connectivity index (χ1n) is 6.07. The predicted molar refractivity (Wildman–Crippen MR) is 78.7 cm³/mol. The second-order valence-electron chi connectivity index (χ2n) is 4.64. The van der Waals surface area contributed by atoms with Gasteiger partial charge in [-0.2, -0.15) is 15.6 Å². The van der Waals surface area contributed by atoms with Crippen molar-refractivity contribution < 1.29 is 4.79 Å². The summed E-state index contributed by atoms with van der Waals surface area (Å²) < 4.78 is 0. The van der Waals surface area contributed by atoms with Gasteiger partial charge in [0.1, 0.15) is 5.92 Å². The van der Waals surface area contributed by atoms with Gasteiger partial charge in [-0.25, -0.2) is 5.43 Å². The van der Waals surface area contributed by atoms with Crippen molar-refractivity contribution in [2.75, 3.05) is 0 Å². The van der Waals surface area contributed by atoms with Gasteiger partial charge in [-0.1, -0.05) is 29.3 Å². The molecule has 1 aromatic carbocycles. The fourth-order valence-corrected chi connectivity index (χ4v) is 2.69. The number of hydrogen-bond acceptors (Lipinski definition) is 4. The lowest BCUT2D eigenvalue weighted by atomic mass is 9.76. The third kappa shape index (κ3) is 2.85. The highest BCUT2D eigenvalue weighted by atomic mass is 35.5. The van der Waals surface area contributed by atoms with Crippen LogP contribution in [-0.2, 0) is 4.79 Å². The quantitative estimate of drug-likeness (QED) is 0.928. The van der Waals surface area contributed by atoms with Gasteiger partial charge in [0.15, 0.2) is 0 Å². The minimum absolute atomic E-state index is 0.307. The molecule has 1 aromatic rings. The molecule has 0 bridgehead atoms. The Balaban J connectivity index is 2.54. The highest BCUT2D eigenvalue weighted by Crippen LogP contribution is 2.37. The van der Waals surface area contributed by atoms with Crippen LogP contribution < -0.4 is 5.43 Å². The van der Waals surface area contributed by atoms with E-state index in [1.54, 1.807) is 25.1 Å². The van der Waals surface area contributed by atoms with Crippen LogP contribution in [0.5, 0.6) is 0 Å². The Hall–Kier alpha value is -2.08. The van der Waals surface area contributed by atoms with E-state index >= 15 is 0 Å². The Morgan fingerprint density at radius 1 is 1.29 bits per heavy atom.